The maximum absolute atomic E-state index is 8.79. The number of nitrogens with zero attached hydrogens (tertiary/aromatic N) is 1. The SMILES string of the molecule is COc1cccc(CNC(C)c2ccc(C#N)cc2)c1. The Morgan fingerprint density at radius 2 is 1.95 bits per heavy atom. The van der Waals surface area contributed by atoms with Crippen molar-refractivity contribution in [2.45, 2.75) is 19.5 Å². The van der Waals surface area contributed by atoms with Gasteiger partial charge in [-0.15, -0.1) is 0 Å². The molecule has 0 aliphatic carbocycles. The highest BCUT2D eigenvalue weighted by atomic mass is 16.5. The van der Waals surface area contributed by atoms with Crippen molar-refractivity contribution in [1.82, 2.24) is 5.32 Å². The van der Waals surface area contributed by atoms with Crippen molar-refractivity contribution in [3.8, 4) is 11.8 Å². The van der Waals surface area contributed by atoms with E-state index >= 15 is 0 Å². The molecule has 0 radical (unpaired) electrons. The molecule has 0 saturated heterocycles. The van der Waals surface area contributed by atoms with Gasteiger partial charge in [0.2, 0.25) is 0 Å². The number of benzene rings is 2. The van der Waals surface area contributed by atoms with Gasteiger partial charge in [0.15, 0.2) is 0 Å². The molecule has 0 fully saturated rings. The fraction of sp³-hybridized carbons (Fsp3) is 0.235. The van der Waals surface area contributed by atoms with Crippen molar-refractivity contribution >= 4 is 0 Å². The smallest absolute Gasteiger partial charge is 0.119 e. The van der Waals surface area contributed by atoms with Crippen LogP contribution in [-0.4, -0.2) is 7.11 Å². The quantitative estimate of drug-likeness (QED) is 0.902. The van der Waals surface area contributed by atoms with Gasteiger partial charge in [0.25, 0.3) is 0 Å². The van der Waals surface area contributed by atoms with E-state index in [1.807, 2.05) is 42.5 Å². The van der Waals surface area contributed by atoms with Crippen LogP contribution in [0.2, 0.25) is 0 Å². The van der Waals surface area contributed by atoms with Gasteiger partial charge >= 0.3 is 0 Å². The molecule has 3 heteroatoms. The van der Waals surface area contributed by atoms with Gasteiger partial charge < -0.3 is 10.1 Å². The van der Waals surface area contributed by atoms with Crippen molar-refractivity contribution in [2.75, 3.05) is 7.11 Å². The number of nitrogens with one attached hydrogen (secondary N) is 1. The first-order valence-corrected chi connectivity index (χ1v) is 6.59. The summed E-state index contributed by atoms with van der Waals surface area (Å²) in [4.78, 5) is 0. The molecule has 0 spiro atoms. The molecule has 0 amide bonds. The predicted molar refractivity (Wildman–Crippen MR) is 79.4 cm³/mol. The monoisotopic (exact) mass is 266 g/mol. The van der Waals surface area contributed by atoms with Crippen molar-refractivity contribution in [3.63, 3.8) is 0 Å². The molecule has 2 rings (SSSR count). The van der Waals surface area contributed by atoms with Gasteiger partial charge in [0.1, 0.15) is 5.75 Å². The van der Waals surface area contributed by atoms with Crippen LogP contribution < -0.4 is 10.1 Å². The summed E-state index contributed by atoms with van der Waals surface area (Å²) in [5.41, 5.74) is 3.05. The zero-order valence-electron chi connectivity index (χ0n) is 11.8. The van der Waals surface area contributed by atoms with Gasteiger partial charge in [0, 0.05) is 12.6 Å². The zero-order chi connectivity index (χ0) is 14.4. The number of rotatable bonds is 5. The molecule has 0 aliphatic heterocycles. The molecule has 0 saturated carbocycles. The van der Waals surface area contributed by atoms with Crippen LogP contribution in [0, 0.1) is 11.3 Å². The molecule has 3 nitrogen and oxygen atoms in total. The van der Waals surface area contributed by atoms with Crippen molar-refractivity contribution in [1.29, 1.82) is 5.26 Å². The standard InChI is InChI=1S/C17H18N2O/c1-13(16-8-6-14(11-18)7-9-16)19-12-15-4-3-5-17(10-15)20-2/h3-10,13,19H,12H2,1-2H3. The number of hydrogen-bond donors (Lipinski definition) is 1. The van der Waals surface area contributed by atoms with Crippen LogP contribution in [0.25, 0.3) is 0 Å². The first kappa shape index (κ1) is 14.1. The molecule has 1 N–H and O–H groups in total. The zero-order valence-corrected chi connectivity index (χ0v) is 11.8. The van der Waals surface area contributed by atoms with Gasteiger partial charge in [-0.1, -0.05) is 24.3 Å². The van der Waals surface area contributed by atoms with Gasteiger partial charge in [-0.25, -0.2) is 0 Å². The van der Waals surface area contributed by atoms with Crippen LogP contribution in [0.15, 0.2) is 48.5 Å². The molecule has 2 aromatic carbocycles. The molecule has 2 aromatic rings. The highest BCUT2D eigenvalue weighted by Gasteiger charge is 2.05. The maximum Gasteiger partial charge on any atom is 0.119 e. The van der Waals surface area contributed by atoms with E-state index in [2.05, 4.69) is 24.4 Å². The minimum Gasteiger partial charge on any atom is -0.497 e. The predicted octanol–water partition coefficient (Wildman–Crippen LogP) is 3.42. The van der Waals surface area contributed by atoms with E-state index < -0.39 is 0 Å². The third-order valence-corrected chi connectivity index (χ3v) is 3.29. The van der Waals surface area contributed by atoms with Crippen LogP contribution in [0.4, 0.5) is 0 Å². The van der Waals surface area contributed by atoms with E-state index in [0.717, 1.165) is 12.3 Å². The van der Waals surface area contributed by atoms with Gasteiger partial charge in [-0.3, -0.25) is 0 Å². The number of hydrogen-bond acceptors (Lipinski definition) is 3. The Morgan fingerprint density at radius 3 is 2.60 bits per heavy atom. The molecule has 0 aliphatic rings. The van der Waals surface area contributed by atoms with Crippen LogP contribution in [0.3, 0.4) is 0 Å². The Labute approximate surface area is 119 Å². The van der Waals surface area contributed by atoms with Crippen LogP contribution >= 0.6 is 0 Å². The first-order valence-electron chi connectivity index (χ1n) is 6.59. The van der Waals surface area contributed by atoms with Crippen molar-refractivity contribution in [2.24, 2.45) is 0 Å². The molecule has 20 heavy (non-hydrogen) atoms. The largest absolute Gasteiger partial charge is 0.497 e. The van der Waals surface area contributed by atoms with E-state index in [1.165, 1.54) is 11.1 Å². The topological polar surface area (TPSA) is 45.0 Å². The summed E-state index contributed by atoms with van der Waals surface area (Å²) in [6.45, 7) is 2.89. The number of methoxy groups -OCH3 is 1. The summed E-state index contributed by atoms with van der Waals surface area (Å²) in [6, 6.07) is 18.1. The van der Waals surface area contributed by atoms with Crippen molar-refractivity contribution in [3.05, 3.63) is 65.2 Å². The fourth-order valence-corrected chi connectivity index (χ4v) is 2.02. The van der Waals surface area contributed by atoms with Crippen LogP contribution in [0.1, 0.15) is 29.7 Å². The lowest BCUT2D eigenvalue weighted by Gasteiger charge is -2.14. The summed E-state index contributed by atoms with van der Waals surface area (Å²) in [7, 11) is 1.67. The Bertz CT molecular complexity index is 599. The number of ether oxygens (including phenoxy) is 1. The summed E-state index contributed by atoms with van der Waals surface area (Å²) < 4.78 is 5.21. The summed E-state index contributed by atoms with van der Waals surface area (Å²) in [5, 5.41) is 12.3. The average Bonchev–Trinajstić information content (AvgIpc) is 2.53. The minimum atomic E-state index is 0.231. The molecule has 0 heterocycles. The molecular weight excluding hydrogens is 248 g/mol. The lowest BCUT2D eigenvalue weighted by atomic mass is 10.1. The Balaban J connectivity index is 1.97. The lowest BCUT2D eigenvalue weighted by Crippen LogP contribution is -2.18. The van der Waals surface area contributed by atoms with Gasteiger partial charge in [0.05, 0.1) is 18.7 Å². The lowest BCUT2D eigenvalue weighted by molar-refractivity contribution is 0.414. The average molecular weight is 266 g/mol. The minimum absolute atomic E-state index is 0.231. The van der Waals surface area contributed by atoms with E-state index in [0.29, 0.717) is 5.56 Å². The fourth-order valence-electron chi connectivity index (χ4n) is 2.02. The third-order valence-electron chi connectivity index (χ3n) is 3.29. The molecular formula is C17H18N2O. The van der Waals surface area contributed by atoms with E-state index in [4.69, 9.17) is 10.00 Å². The van der Waals surface area contributed by atoms with E-state index in [9.17, 15) is 0 Å². The second kappa shape index (κ2) is 6.74. The maximum atomic E-state index is 8.79. The number of nitriles is 1. The highest BCUT2D eigenvalue weighted by molar-refractivity contribution is 5.33. The van der Waals surface area contributed by atoms with E-state index in [-0.39, 0.29) is 6.04 Å². The summed E-state index contributed by atoms with van der Waals surface area (Å²) in [5.74, 6) is 0.871. The normalized spacial score (nSPS) is 11.7. The second-order valence-corrected chi connectivity index (χ2v) is 4.69. The molecule has 1 unspecified atom stereocenters. The van der Waals surface area contributed by atoms with Crippen LogP contribution in [0.5, 0.6) is 5.75 Å². The second-order valence-electron chi connectivity index (χ2n) is 4.69. The van der Waals surface area contributed by atoms with Gasteiger partial charge in [-0.05, 0) is 42.3 Å². The third kappa shape index (κ3) is 3.59. The molecule has 1 atom stereocenters. The summed E-state index contributed by atoms with van der Waals surface area (Å²) >= 11 is 0. The van der Waals surface area contributed by atoms with Gasteiger partial charge in [-0.2, -0.15) is 5.26 Å². The van der Waals surface area contributed by atoms with Crippen molar-refractivity contribution < 1.29 is 4.74 Å². The summed E-state index contributed by atoms with van der Waals surface area (Å²) in [6.07, 6.45) is 0. The van der Waals surface area contributed by atoms with E-state index in [1.54, 1.807) is 7.11 Å². The molecule has 102 valence electrons. The Morgan fingerprint density at radius 1 is 1.20 bits per heavy atom. The molecule has 0 aromatic heterocycles. The Kier molecular flexibility index (Phi) is 4.75. The first-order chi connectivity index (χ1) is 9.72. The molecule has 0 bridgehead atoms. The highest BCUT2D eigenvalue weighted by Crippen LogP contribution is 2.16. The van der Waals surface area contributed by atoms with Crippen LogP contribution in [-0.2, 0) is 6.54 Å². The Hall–Kier alpha value is -2.31.